The zero-order chi connectivity index (χ0) is 16.0. The Morgan fingerprint density at radius 2 is 2.26 bits per heavy atom. The highest BCUT2D eigenvalue weighted by Crippen LogP contribution is 2.28. The summed E-state index contributed by atoms with van der Waals surface area (Å²) in [5, 5.41) is 4.77. The van der Waals surface area contributed by atoms with Crippen LogP contribution in [0.5, 0.6) is 0 Å². The standard InChI is InChI=1S/C16H14ClN5O/c1-10-15-11(3-2-5-18-15)4-6-21(10)16(23)13-7-14-19-8-12(17)9-22(14)20-13/h2-3,5,7-10H,4,6H2,1H3. The van der Waals surface area contributed by atoms with Gasteiger partial charge in [0.05, 0.1) is 23.0 Å². The largest absolute Gasteiger partial charge is 0.329 e. The number of carbonyl (C=O) groups excluding carboxylic acids is 1. The van der Waals surface area contributed by atoms with E-state index in [1.165, 1.54) is 16.3 Å². The predicted octanol–water partition coefficient (Wildman–Crippen LogP) is 2.54. The van der Waals surface area contributed by atoms with Crippen LogP contribution in [0.15, 0.2) is 36.8 Å². The Kier molecular flexibility index (Phi) is 3.27. The second kappa shape index (κ2) is 5.31. The van der Waals surface area contributed by atoms with Crippen molar-refractivity contribution >= 4 is 23.2 Å². The van der Waals surface area contributed by atoms with Gasteiger partial charge in [-0.25, -0.2) is 9.50 Å². The number of pyridine rings is 1. The van der Waals surface area contributed by atoms with E-state index in [0.29, 0.717) is 22.9 Å². The Balaban J connectivity index is 1.68. The van der Waals surface area contributed by atoms with Crippen LogP contribution in [0.1, 0.15) is 34.7 Å². The molecule has 7 heteroatoms. The molecule has 1 atom stereocenters. The fourth-order valence-corrected chi connectivity index (χ4v) is 3.14. The quantitative estimate of drug-likeness (QED) is 0.689. The lowest BCUT2D eigenvalue weighted by atomic mass is 9.98. The van der Waals surface area contributed by atoms with Crippen LogP contribution in [0.4, 0.5) is 0 Å². The summed E-state index contributed by atoms with van der Waals surface area (Å²) in [6, 6.07) is 5.60. The third-order valence-corrected chi connectivity index (χ3v) is 4.37. The molecule has 23 heavy (non-hydrogen) atoms. The SMILES string of the molecule is CC1c2ncccc2CCN1C(=O)c1cc2ncc(Cl)cn2n1. The molecule has 0 bridgehead atoms. The number of fused-ring (bicyclic) bond motifs is 2. The van der Waals surface area contributed by atoms with Gasteiger partial charge in [0.1, 0.15) is 0 Å². The van der Waals surface area contributed by atoms with Crippen molar-refractivity contribution in [3.63, 3.8) is 0 Å². The van der Waals surface area contributed by atoms with Crippen LogP contribution < -0.4 is 0 Å². The van der Waals surface area contributed by atoms with Crippen molar-refractivity contribution in [2.24, 2.45) is 0 Å². The fraction of sp³-hybridized carbons (Fsp3) is 0.250. The topological polar surface area (TPSA) is 63.4 Å². The third kappa shape index (κ3) is 2.35. The molecular formula is C16H14ClN5O. The first-order chi connectivity index (χ1) is 11.1. The van der Waals surface area contributed by atoms with Crippen molar-refractivity contribution < 1.29 is 4.79 Å². The highest BCUT2D eigenvalue weighted by Gasteiger charge is 2.30. The number of halogens is 1. The summed E-state index contributed by atoms with van der Waals surface area (Å²) in [7, 11) is 0. The van der Waals surface area contributed by atoms with E-state index in [1.54, 1.807) is 23.4 Å². The van der Waals surface area contributed by atoms with E-state index in [-0.39, 0.29) is 11.9 Å². The minimum absolute atomic E-state index is 0.0752. The smallest absolute Gasteiger partial charge is 0.275 e. The maximum atomic E-state index is 12.8. The van der Waals surface area contributed by atoms with Crippen LogP contribution in [0.25, 0.3) is 5.65 Å². The van der Waals surface area contributed by atoms with Crippen molar-refractivity contribution in [1.29, 1.82) is 0 Å². The molecule has 0 saturated heterocycles. The first-order valence-corrected chi connectivity index (χ1v) is 7.77. The lowest BCUT2D eigenvalue weighted by Gasteiger charge is -2.33. The lowest BCUT2D eigenvalue weighted by Crippen LogP contribution is -2.39. The summed E-state index contributed by atoms with van der Waals surface area (Å²) in [6.45, 7) is 2.65. The molecule has 6 nitrogen and oxygen atoms in total. The van der Waals surface area contributed by atoms with Crippen LogP contribution in [0.2, 0.25) is 5.02 Å². The molecule has 0 fully saturated rings. The first kappa shape index (κ1) is 14.1. The second-order valence-electron chi connectivity index (χ2n) is 5.58. The van der Waals surface area contributed by atoms with Crippen molar-refractivity contribution in [1.82, 2.24) is 24.5 Å². The molecule has 1 aliphatic rings. The lowest BCUT2D eigenvalue weighted by molar-refractivity contribution is 0.0666. The normalized spacial score (nSPS) is 17.3. The molecule has 0 spiro atoms. The molecule has 1 aliphatic heterocycles. The molecule has 0 radical (unpaired) electrons. The number of amides is 1. The highest BCUT2D eigenvalue weighted by atomic mass is 35.5. The molecule has 0 N–H and O–H groups in total. The van der Waals surface area contributed by atoms with Gasteiger partial charge >= 0.3 is 0 Å². The van der Waals surface area contributed by atoms with Crippen LogP contribution in [0, 0.1) is 0 Å². The van der Waals surface area contributed by atoms with Gasteiger partial charge < -0.3 is 4.90 Å². The van der Waals surface area contributed by atoms with E-state index in [2.05, 4.69) is 21.1 Å². The Morgan fingerprint density at radius 1 is 1.39 bits per heavy atom. The van der Waals surface area contributed by atoms with Gasteiger partial charge in [-0.3, -0.25) is 9.78 Å². The molecule has 1 unspecified atom stereocenters. The zero-order valence-corrected chi connectivity index (χ0v) is 13.2. The van der Waals surface area contributed by atoms with Gasteiger partial charge in [-0.2, -0.15) is 5.10 Å². The van der Waals surface area contributed by atoms with Gasteiger partial charge in [0.15, 0.2) is 11.3 Å². The fourth-order valence-electron chi connectivity index (χ4n) is 3.00. The zero-order valence-electron chi connectivity index (χ0n) is 12.5. The average Bonchev–Trinajstić information content (AvgIpc) is 2.98. The summed E-state index contributed by atoms with van der Waals surface area (Å²) < 4.78 is 1.52. The van der Waals surface area contributed by atoms with Crippen LogP contribution in [-0.2, 0) is 6.42 Å². The molecule has 116 valence electrons. The summed E-state index contributed by atoms with van der Waals surface area (Å²) >= 11 is 5.91. The monoisotopic (exact) mass is 327 g/mol. The van der Waals surface area contributed by atoms with Crippen molar-refractivity contribution in [2.75, 3.05) is 6.54 Å². The maximum Gasteiger partial charge on any atom is 0.275 e. The molecule has 1 amide bonds. The van der Waals surface area contributed by atoms with Crippen LogP contribution in [0.3, 0.4) is 0 Å². The van der Waals surface area contributed by atoms with E-state index in [4.69, 9.17) is 11.6 Å². The summed E-state index contributed by atoms with van der Waals surface area (Å²) in [5.74, 6) is -0.115. The molecule has 0 saturated carbocycles. The third-order valence-electron chi connectivity index (χ3n) is 4.17. The minimum Gasteiger partial charge on any atom is -0.329 e. The van der Waals surface area contributed by atoms with Gasteiger partial charge in [0.2, 0.25) is 0 Å². The van der Waals surface area contributed by atoms with Crippen molar-refractivity contribution in [2.45, 2.75) is 19.4 Å². The summed E-state index contributed by atoms with van der Waals surface area (Å²) in [6.07, 6.45) is 5.74. The number of nitrogens with zero attached hydrogens (tertiary/aromatic N) is 5. The Hall–Kier alpha value is -2.47. The van der Waals surface area contributed by atoms with Gasteiger partial charge in [0, 0.05) is 25.0 Å². The summed E-state index contributed by atoms with van der Waals surface area (Å²) in [5.41, 5.74) is 3.12. The van der Waals surface area contributed by atoms with E-state index >= 15 is 0 Å². The second-order valence-corrected chi connectivity index (χ2v) is 6.01. The van der Waals surface area contributed by atoms with E-state index < -0.39 is 0 Å². The molecule has 4 heterocycles. The van der Waals surface area contributed by atoms with E-state index in [1.807, 2.05) is 13.0 Å². The van der Waals surface area contributed by atoms with Gasteiger partial charge in [-0.05, 0) is 25.0 Å². The number of carbonyl (C=O) groups is 1. The van der Waals surface area contributed by atoms with E-state index in [0.717, 1.165) is 12.1 Å². The number of rotatable bonds is 1. The molecule has 3 aromatic rings. The van der Waals surface area contributed by atoms with Crippen molar-refractivity contribution in [3.8, 4) is 0 Å². The number of aromatic nitrogens is 4. The molecular weight excluding hydrogens is 314 g/mol. The first-order valence-electron chi connectivity index (χ1n) is 7.39. The van der Waals surface area contributed by atoms with Crippen LogP contribution in [-0.4, -0.2) is 36.9 Å². The Bertz CT molecular complexity index is 906. The Labute approximate surface area is 137 Å². The molecule has 3 aromatic heterocycles. The predicted molar refractivity (Wildman–Crippen MR) is 85.4 cm³/mol. The van der Waals surface area contributed by atoms with Crippen molar-refractivity contribution in [3.05, 3.63) is 58.8 Å². The van der Waals surface area contributed by atoms with Gasteiger partial charge in [-0.15, -0.1) is 0 Å². The van der Waals surface area contributed by atoms with Gasteiger partial charge in [-0.1, -0.05) is 17.7 Å². The summed E-state index contributed by atoms with van der Waals surface area (Å²) in [4.78, 5) is 23.2. The minimum atomic E-state index is -0.115. The molecule has 0 aliphatic carbocycles. The van der Waals surface area contributed by atoms with Crippen LogP contribution >= 0.6 is 11.6 Å². The Morgan fingerprint density at radius 3 is 3.13 bits per heavy atom. The number of hydrogen-bond acceptors (Lipinski definition) is 4. The molecule has 0 aromatic carbocycles. The molecule has 4 rings (SSSR count). The van der Waals surface area contributed by atoms with Gasteiger partial charge in [0.25, 0.3) is 5.91 Å². The number of hydrogen-bond donors (Lipinski definition) is 0. The highest BCUT2D eigenvalue weighted by molar-refractivity contribution is 6.30. The van der Waals surface area contributed by atoms with E-state index in [9.17, 15) is 4.79 Å². The maximum absolute atomic E-state index is 12.8. The average molecular weight is 328 g/mol.